The van der Waals surface area contributed by atoms with E-state index in [9.17, 15) is 15.3 Å². The first kappa shape index (κ1) is 18.3. The number of aliphatic hydroxyl groups is 3. The molecular formula is C22H38O3. The molecule has 3 N–H and O–H groups in total. The minimum absolute atomic E-state index is 0.0172. The average Bonchev–Trinajstić information content (AvgIpc) is 2.85. The van der Waals surface area contributed by atoms with Crippen molar-refractivity contribution in [3.63, 3.8) is 0 Å². The molecule has 8 atom stereocenters. The summed E-state index contributed by atoms with van der Waals surface area (Å²) in [5, 5.41) is 31.3. The molecule has 4 aliphatic carbocycles. The van der Waals surface area contributed by atoms with E-state index >= 15 is 0 Å². The van der Waals surface area contributed by atoms with E-state index < -0.39 is 11.4 Å². The lowest BCUT2D eigenvalue weighted by Crippen LogP contribution is -2.56. The van der Waals surface area contributed by atoms with Crippen LogP contribution in [0.3, 0.4) is 0 Å². The minimum atomic E-state index is -1.54. The number of hydrogen-bond acceptors (Lipinski definition) is 3. The predicted octanol–water partition coefficient (Wildman–Crippen LogP) is 4.10. The van der Waals surface area contributed by atoms with Crippen molar-refractivity contribution < 1.29 is 15.3 Å². The van der Waals surface area contributed by atoms with Crippen molar-refractivity contribution in [3.8, 4) is 0 Å². The van der Waals surface area contributed by atoms with E-state index in [2.05, 4.69) is 13.8 Å². The molecule has 0 aromatic rings. The third-order valence-corrected chi connectivity index (χ3v) is 9.61. The average molecular weight is 351 g/mol. The second-order valence-corrected chi connectivity index (χ2v) is 11.1. The number of hydrogen-bond donors (Lipinski definition) is 3. The van der Waals surface area contributed by atoms with Crippen LogP contribution in [0.1, 0.15) is 85.5 Å². The smallest absolute Gasteiger partial charge is 0.163 e. The van der Waals surface area contributed by atoms with Crippen LogP contribution in [0, 0.1) is 40.4 Å². The van der Waals surface area contributed by atoms with E-state index in [1.54, 1.807) is 6.92 Å². The van der Waals surface area contributed by atoms with Crippen LogP contribution in [0.15, 0.2) is 0 Å². The quantitative estimate of drug-likeness (QED) is 0.624. The summed E-state index contributed by atoms with van der Waals surface area (Å²) < 4.78 is 0. The first-order valence-corrected chi connectivity index (χ1v) is 10.6. The fourth-order valence-corrected chi connectivity index (χ4v) is 8.33. The molecule has 0 radical (unpaired) electrons. The Morgan fingerprint density at radius 3 is 2.16 bits per heavy atom. The number of rotatable bonds is 1. The molecule has 0 aromatic heterocycles. The minimum Gasteiger partial charge on any atom is -0.390 e. The van der Waals surface area contributed by atoms with E-state index in [-0.39, 0.29) is 11.3 Å². The zero-order valence-corrected chi connectivity index (χ0v) is 16.6. The topological polar surface area (TPSA) is 60.7 Å². The molecule has 4 fully saturated rings. The van der Waals surface area contributed by atoms with Gasteiger partial charge in [0.15, 0.2) is 5.79 Å². The normalized spacial score (nSPS) is 56.0. The fourth-order valence-electron chi connectivity index (χ4n) is 8.33. The van der Waals surface area contributed by atoms with Crippen LogP contribution in [0.25, 0.3) is 0 Å². The van der Waals surface area contributed by atoms with Crippen LogP contribution in [-0.4, -0.2) is 26.7 Å². The van der Waals surface area contributed by atoms with Gasteiger partial charge < -0.3 is 15.3 Å². The highest BCUT2D eigenvalue weighted by Gasteiger charge is 2.62. The summed E-state index contributed by atoms with van der Waals surface area (Å²) in [5.41, 5.74) is 0.00329. The maximum absolute atomic E-state index is 10.6. The molecule has 3 nitrogen and oxygen atoms in total. The van der Waals surface area contributed by atoms with Gasteiger partial charge in [-0.15, -0.1) is 0 Å². The maximum atomic E-state index is 10.6. The molecule has 0 aliphatic heterocycles. The maximum Gasteiger partial charge on any atom is 0.163 e. The van der Waals surface area contributed by atoms with Gasteiger partial charge in [-0.1, -0.05) is 13.8 Å². The van der Waals surface area contributed by atoms with Gasteiger partial charge in [0.05, 0.1) is 5.60 Å². The van der Waals surface area contributed by atoms with E-state index in [1.165, 1.54) is 19.3 Å². The Bertz CT molecular complexity index is 536. The molecule has 0 saturated heterocycles. The van der Waals surface area contributed by atoms with Crippen molar-refractivity contribution in [2.45, 2.75) is 96.9 Å². The van der Waals surface area contributed by atoms with Crippen molar-refractivity contribution in [1.82, 2.24) is 0 Å². The van der Waals surface area contributed by atoms with Crippen molar-refractivity contribution in [3.05, 3.63) is 0 Å². The third kappa shape index (κ3) is 2.63. The summed E-state index contributed by atoms with van der Waals surface area (Å²) in [4.78, 5) is 0. The van der Waals surface area contributed by atoms with Crippen LogP contribution in [0.2, 0.25) is 0 Å². The molecule has 0 heterocycles. The van der Waals surface area contributed by atoms with Crippen LogP contribution in [0.4, 0.5) is 0 Å². The Balaban J connectivity index is 1.60. The van der Waals surface area contributed by atoms with Gasteiger partial charge in [-0.25, -0.2) is 0 Å². The van der Waals surface area contributed by atoms with Gasteiger partial charge in [-0.3, -0.25) is 0 Å². The lowest BCUT2D eigenvalue weighted by atomic mass is 9.44. The highest BCUT2D eigenvalue weighted by Crippen LogP contribution is 2.68. The molecule has 25 heavy (non-hydrogen) atoms. The third-order valence-electron chi connectivity index (χ3n) is 9.61. The fraction of sp³-hybridized carbons (Fsp3) is 1.00. The Kier molecular flexibility index (Phi) is 3.98. The highest BCUT2D eigenvalue weighted by atomic mass is 16.5. The Hall–Kier alpha value is -0.120. The summed E-state index contributed by atoms with van der Waals surface area (Å²) in [6.07, 6.45) is 10.1. The molecule has 3 unspecified atom stereocenters. The molecule has 0 spiro atoms. The first-order valence-electron chi connectivity index (χ1n) is 10.6. The molecule has 3 heteroatoms. The molecule has 4 aliphatic rings. The second-order valence-electron chi connectivity index (χ2n) is 11.1. The van der Waals surface area contributed by atoms with Crippen molar-refractivity contribution in [1.29, 1.82) is 0 Å². The van der Waals surface area contributed by atoms with Gasteiger partial charge in [0.25, 0.3) is 0 Å². The lowest BCUT2D eigenvalue weighted by Gasteiger charge is -2.62. The van der Waals surface area contributed by atoms with Crippen LogP contribution in [-0.2, 0) is 0 Å². The van der Waals surface area contributed by atoms with Gasteiger partial charge in [-0.2, -0.15) is 0 Å². The molecule has 0 aromatic carbocycles. The monoisotopic (exact) mass is 350 g/mol. The summed E-state index contributed by atoms with van der Waals surface area (Å²) in [5.74, 6) is 1.30. The zero-order chi connectivity index (χ0) is 18.3. The SMILES string of the molecule is CC(O)(O)[C@H]1CCC2C3CC[C@H]4C[C@](C)(O)CC[C@]4(C)C3CC[C@@]21C. The summed E-state index contributed by atoms with van der Waals surface area (Å²) in [6, 6.07) is 0. The molecular weight excluding hydrogens is 312 g/mol. The highest BCUT2D eigenvalue weighted by molar-refractivity contribution is 5.11. The van der Waals surface area contributed by atoms with Gasteiger partial charge in [0, 0.05) is 5.92 Å². The molecule has 0 bridgehead atoms. The van der Waals surface area contributed by atoms with Gasteiger partial charge >= 0.3 is 0 Å². The first-order chi connectivity index (χ1) is 11.5. The van der Waals surface area contributed by atoms with Crippen LogP contribution < -0.4 is 0 Å². The van der Waals surface area contributed by atoms with Crippen molar-refractivity contribution in [2.24, 2.45) is 40.4 Å². The second kappa shape index (κ2) is 5.45. The van der Waals surface area contributed by atoms with Crippen molar-refractivity contribution in [2.75, 3.05) is 0 Å². The number of fused-ring (bicyclic) bond motifs is 5. The lowest BCUT2D eigenvalue weighted by molar-refractivity contribution is -0.223. The van der Waals surface area contributed by atoms with Gasteiger partial charge in [0.1, 0.15) is 0 Å². The summed E-state index contributed by atoms with van der Waals surface area (Å²) in [7, 11) is 0. The Morgan fingerprint density at radius 1 is 0.800 bits per heavy atom. The standard InChI is InChI=1S/C22H38O3/c1-19(23)11-12-20(2)14(13-19)5-6-15-16-7-8-18(22(4,24)25)21(16,3)10-9-17(15)20/h14-18,23-25H,5-13H2,1-4H3/t14-,15?,16?,17?,18-,19+,20-,21-/m0/s1. The molecule has 144 valence electrons. The largest absolute Gasteiger partial charge is 0.390 e. The Morgan fingerprint density at radius 2 is 1.48 bits per heavy atom. The van der Waals surface area contributed by atoms with E-state index in [0.717, 1.165) is 50.4 Å². The molecule has 4 rings (SSSR count). The predicted molar refractivity (Wildman–Crippen MR) is 98.7 cm³/mol. The summed E-state index contributed by atoms with van der Waals surface area (Å²) >= 11 is 0. The molecule has 4 saturated carbocycles. The van der Waals surface area contributed by atoms with E-state index in [1.807, 2.05) is 6.92 Å². The van der Waals surface area contributed by atoms with E-state index in [4.69, 9.17) is 0 Å². The van der Waals surface area contributed by atoms with E-state index in [0.29, 0.717) is 17.3 Å². The van der Waals surface area contributed by atoms with Crippen LogP contribution >= 0.6 is 0 Å². The summed E-state index contributed by atoms with van der Waals surface area (Å²) in [6.45, 7) is 8.48. The zero-order valence-electron chi connectivity index (χ0n) is 16.6. The van der Waals surface area contributed by atoms with Gasteiger partial charge in [-0.05, 0) is 106 Å². The van der Waals surface area contributed by atoms with Crippen LogP contribution in [0.5, 0.6) is 0 Å². The Labute approximate surface area is 153 Å². The molecule has 0 amide bonds. The van der Waals surface area contributed by atoms with Crippen molar-refractivity contribution >= 4 is 0 Å². The van der Waals surface area contributed by atoms with Gasteiger partial charge in [0.2, 0.25) is 0 Å².